The van der Waals surface area contributed by atoms with E-state index in [9.17, 15) is 9.59 Å². The molecule has 1 unspecified atom stereocenters. The zero-order valence-corrected chi connectivity index (χ0v) is 7.32. The minimum Gasteiger partial charge on any atom is -0.370 e. The van der Waals surface area contributed by atoms with Crippen molar-refractivity contribution in [1.29, 1.82) is 0 Å². The number of hydrogen-bond acceptors (Lipinski definition) is 3. The minimum absolute atomic E-state index is 0.163. The fraction of sp³-hybridized carbons (Fsp3) is 0.714. The van der Waals surface area contributed by atoms with E-state index >= 15 is 0 Å². The van der Waals surface area contributed by atoms with Crippen molar-refractivity contribution in [3.05, 3.63) is 0 Å². The van der Waals surface area contributed by atoms with E-state index in [4.69, 9.17) is 11.5 Å². The number of nitrogens with two attached hydrogens (primary N) is 2. The van der Waals surface area contributed by atoms with Crippen molar-refractivity contribution in [2.24, 2.45) is 11.5 Å². The Balaban J connectivity index is 2.56. The Morgan fingerprint density at radius 3 is 2.69 bits per heavy atom. The van der Waals surface area contributed by atoms with Crippen LogP contribution in [0.2, 0.25) is 0 Å². The molecule has 1 fully saturated rings. The first-order chi connectivity index (χ1) is 6.11. The molecule has 1 heterocycles. The normalized spacial score (nSPS) is 22.8. The molecule has 0 radical (unpaired) electrons. The molecule has 6 nitrogen and oxygen atoms in total. The highest BCUT2D eigenvalue weighted by molar-refractivity contribution is 5.77. The topological polar surface area (TPSA) is 101 Å². The quantitative estimate of drug-likeness (QED) is 0.475. The molecule has 74 valence electrons. The second-order valence-electron chi connectivity index (χ2n) is 3.06. The molecule has 0 spiro atoms. The van der Waals surface area contributed by atoms with Gasteiger partial charge in [-0.2, -0.15) is 0 Å². The van der Waals surface area contributed by atoms with E-state index in [2.05, 4.69) is 5.32 Å². The Morgan fingerprint density at radius 1 is 1.46 bits per heavy atom. The van der Waals surface area contributed by atoms with E-state index in [0.29, 0.717) is 19.6 Å². The van der Waals surface area contributed by atoms with Crippen molar-refractivity contribution in [3.63, 3.8) is 0 Å². The summed E-state index contributed by atoms with van der Waals surface area (Å²) in [6, 6.07) is -0.684. The summed E-state index contributed by atoms with van der Waals surface area (Å²) in [5, 5.41) is 3.07. The Hall–Kier alpha value is -1.30. The van der Waals surface area contributed by atoms with Gasteiger partial charge >= 0.3 is 6.03 Å². The first-order valence-corrected chi connectivity index (χ1v) is 4.16. The smallest absolute Gasteiger partial charge is 0.315 e. The fourth-order valence-corrected chi connectivity index (χ4v) is 1.47. The van der Waals surface area contributed by atoms with Gasteiger partial charge in [0.25, 0.3) is 0 Å². The Labute approximate surface area is 76.2 Å². The van der Waals surface area contributed by atoms with E-state index in [0.717, 1.165) is 0 Å². The fourth-order valence-electron chi connectivity index (χ4n) is 1.47. The van der Waals surface area contributed by atoms with Crippen LogP contribution in [0, 0.1) is 0 Å². The number of carbonyl (C=O) groups is 2. The van der Waals surface area contributed by atoms with Gasteiger partial charge < -0.3 is 21.7 Å². The van der Waals surface area contributed by atoms with Crippen molar-refractivity contribution in [2.75, 3.05) is 19.6 Å². The predicted molar refractivity (Wildman–Crippen MR) is 46.8 cm³/mol. The zero-order valence-electron chi connectivity index (χ0n) is 7.32. The summed E-state index contributed by atoms with van der Waals surface area (Å²) < 4.78 is 0. The third-order valence-corrected chi connectivity index (χ3v) is 2.07. The van der Waals surface area contributed by atoms with Gasteiger partial charge in [-0.1, -0.05) is 0 Å². The first kappa shape index (κ1) is 9.79. The average molecular weight is 186 g/mol. The Bertz CT molecular complexity index is 219. The lowest BCUT2D eigenvalue weighted by atomic mass is 10.1. The second kappa shape index (κ2) is 4.08. The van der Waals surface area contributed by atoms with E-state index in [1.54, 1.807) is 0 Å². The second-order valence-corrected chi connectivity index (χ2v) is 3.06. The molecule has 3 amide bonds. The summed E-state index contributed by atoms with van der Waals surface area (Å²) >= 11 is 0. The van der Waals surface area contributed by atoms with Crippen molar-refractivity contribution in [2.45, 2.75) is 12.5 Å². The number of urea groups is 1. The molecule has 0 aromatic rings. The lowest BCUT2D eigenvalue weighted by Crippen LogP contribution is -2.56. The lowest BCUT2D eigenvalue weighted by Gasteiger charge is -2.34. The van der Waals surface area contributed by atoms with Gasteiger partial charge in [-0.05, 0) is 0 Å². The molecule has 1 rings (SSSR count). The lowest BCUT2D eigenvalue weighted by molar-refractivity contribution is -0.119. The first-order valence-electron chi connectivity index (χ1n) is 4.16. The summed E-state index contributed by atoms with van der Waals surface area (Å²) in [5.41, 5.74) is 10.2. The SMILES string of the molecule is NC(=O)CC1CNCCN1C(N)=O. The van der Waals surface area contributed by atoms with Gasteiger partial charge in [0.2, 0.25) is 5.91 Å². The average Bonchev–Trinajstić information content (AvgIpc) is 2.03. The molecule has 1 atom stereocenters. The highest BCUT2D eigenvalue weighted by Gasteiger charge is 2.25. The molecule has 0 aromatic carbocycles. The van der Waals surface area contributed by atoms with Crippen LogP contribution in [0.5, 0.6) is 0 Å². The van der Waals surface area contributed by atoms with Crippen LogP contribution in [0.25, 0.3) is 0 Å². The van der Waals surface area contributed by atoms with Crippen molar-refractivity contribution < 1.29 is 9.59 Å². The highest BCUT2D eigenvalue weighted by atomic mass is 16.2. The molecule has 1 saturated heterocycles. The van der Waals surface area contributed by atoms with Crippen LogP contribution < -0.4 is 16.8 Å². The van der Waals surface area contributed by atoms with Crippen LogP contribution in [0.1, 0.15) is 6.42 Å². The molecule has 13 heavy (non-hydrogen) atoms. The number of primary amides is 2. The van der Waals surface area contributed by atoms with Crippen LogP contribution in [-0.2, 0) is 4.79 Å². The van der Waals surface area contributed by atoms with Crippen LogP contribution in [0.4, 0.5) is 4.79 Å². The number of nitrogens with zero attached hydrogens (tertiary/aromatic N) is 1. The summed E-state index contributed by atoms with van der Waals surface area (Å²) in [6.45, 7) is 1.82. The van der Waals surface area contributed by atoms with E-state index in [-0.39, 0.29) is 12.5 Å². The van der Waals surface area contributed by atoms with Gasteiger partial charge in [0, 0.05) is 26.1 Å². The number of nitrogens with one attached hydrogen (secondary N) is 1. The summed E-state index contributed by atoms with van der Waals surface area (Å²) in [6.07, 6.45) is 0.163. The number of rotatable bonds is 2. The van der Waals surface area contributed by atoms with Crippen LogP contribution in [0.3, 0.4) is 0 Å². The molecular formula is C7H14N4O2. The van der Waals surface area contributed by atoms with Gasteiger partial charge in [0.05, 0.1) is 6.04 Å². The summed E-state index contributed by atoms with van der Waals surface area (Å²) in [4.78, 5) is 23.0. The number of amides is 3. The maximum atomic E-state index is 10.9. The summed E-state index contributed by atoms with van der Waals surface area (Å²) in [7, 11) is 0. The van der Waals surface area contributed by atoms with E-state index in [1.165, 1.54) is 4.90 Å². The standard InChI is InChI=1S/C7H14N4O2/c8-6(12)3-5-4-10-1-2-11(5)7(9)13/h5,10H,1-4H2,(H2,8,12)(H2,9,13). The van der Waals surface area contributed by atoms with Crippen LogP contribution in [0.15, 0.2) is 0 Å². The number of carbonyl (C=O) groups excluding carboxylic acids is 2. The molecule has 0 bridgehead atoms. The molecular weight excluding hydrogens is 172 g/mol. The van der Waals surface area contributed by atoms with Gasteiger partial charge in [0.1, 0.15) is 0 Å². The molecule has 0 aromatic heterocycles. The summed E-state index contributed by atoms with van der Waals surface area (Å²) in [5.74, 6) is -0.417. The van der Waals surface area contributed by atoms with Crippen LogP contribution in [-0.4, -0.2) is 42.5 Å². The van der Waals surface area contributed by atoms with Gasteiger partial charge in [-0.15, -0.1) is 0 Å². The van der Waals surface area contributed by atoms with Crippen LogP contribution >= 0.6 is 0 Å². The van der Waals surface area contributed by atoms with E-state index in [1.807, 2.05) is 0 Å². The highest BCUT2D eigenvalue weighted by Crippen LogP contribution is 2.06. The van der Waals surface area contributed by atoms with Gasteiger partial charge in [0.15, 0.2) is 0 Å². The molecule has 1 aliphatic heterocycles. The monoisotopic (exact) mass is 186 g/mol. The van der Waals surface area contributed by atoms with Crippen molar-refractivity contribution in [1.82, 2.24) is 10.2 Å². The van der Waals surface area contributed by atoms with Crippen molar-refractivity contribution in [3.8, 4) is 0 Å². The van der Waals surface area contributed by atoms with Crippen molar-refractivity contribution >= 4 is 11.9 Å². The Kier molecular flexibility index (Phi) is 3.07. The number of piperazine rings is 1. The number of hydrogen-bond donors (Lipinski definition) is 3. The zero-order chi connectivity index (χ0) is 9.84. The Morgan fingerprint density at radius 2 is 2.15 bits per heavy atom. The molecule has 0 aliphatic carbocycles. The minimum atomic E-state index is -0.493. The van der Waals surface area contributed by atoms with Gasteiger partial charge in [-0.25, -0.2) is 4.79 Å². The maximum Gasteiger partial charge on any atom is 0.315 e. The van der Waals surface area contributed by atoms with Gasteiger partial charge in [-0.3, -0.25) is 4.79 Å². The predicted octanol–water partition coefficient (Wildman–Crippen LogP) is -1.79. The van der Waals surface area contributed by atoms with E-state index < -0.39 is 11.9 Å². The largest absolute Gasteiger partial charge is 0.370 e. The third kappa shape index (κ3) is 2.59. The maximum absolute atomic E-state index is 10.9. The third-order valence-electron chi connectivity index (χ3n) is 2.07. The molecule has 0 saturated carbocycles. The molecule has 6 heteroatoms. The molecule has 5 N–H and O–H groups in total. The molecule has 1 aliphatic rings.